The second-order valence-corrected chi connectivity index (χ2v) is 18.8. The van der Waals surface area contributed by atoms with Crippen LogP contribution in [-0.4, -0.2) is 142 Å². The van der Waals surface area contributed by atoms with Crippen molar-refractivity contribution in [3.8, 4) is 0 Å². The first kappa shape index (κ1) is 70.4. The van der Waals surface area contributed by atoms with Crippen molar-refractivity contribution in [3.05, 3.63) is 149 Å². The number of aliphatic hydroxyl groups excluding tert-OH is 2. The first-order chi connectivity index (χ1) is 34.9. The molecule has 29 heteroatoms. The Balaban J connectivity index is 0.000000270. The summed E-state index contributed by atoms with van der Waals surface area (Å²) in [6.07, 6.45) is 20.9. The maximum atomic E-state index is 11.9. The fraction of sp³-hybridized carbons (Fsp3) is 0.367. The molecule has 3 aliphatic heterocycles. The number of aliphatic hydroxyl groups is 2. The van der Waals surface area contributed by atoms with Crippen molar-refractivity contribution in [2.75, 3.05) is 23.3 Å². The van der Waals surface area contributed by atoms with E-state index in [9.17, 15) is 9.90 Å². The van der Waals surface area contributed by atoms with Crippen molar-refractivity contribution in [1.29, 1.82) is 0 Å². The first-order valence-corrected chi connectivity index (χ1v) is 23.7. The van der Waals surface area contributed by atoms with E-state index in [4.69, 9.17) is 68.2 Å². The summed E-state index contributed by atoms with van der Waals surface area (Å²) in [5, 5.41) is 22.0. The molecule has 0 unspecified atom stereocenters. The molecule has 3 saturated heterocycles. The van der Waals surface area contributed by atoms with Crippen LogP contribution >= 0.6 is 23.2 Å². The van der Waals surface area contributed by atoms with Crippen LogP contribution in [0.25, 0.3) is 16.9 Å². The maximum Gasteiger partial charge on any atom is 0.171 e. The topological polar surface area (TPSA) is 293 Å². The molecule has 412 valence electrons. The summed E-state index contributed by atoms with van der Waals surface area (Å²) in [6.45, 7) is 26.1. The molecule has 3 fully saturated rings. The van der Waals surface area contributed by atoms with Crippen LogP contribution in [-0.2, 0) is 164 Å². The molecular formula is C49H58Cl2N14O9Y4-8. The van der Waals surface area contributed by atoms with Gasteiger partial charge < -0.3 is 116 Å². The SMILES string of the molecule is [CH2-][C@@H](O)[C@@H](O)[CH-]c1cnc2c(N)nccn12.[CH2-][C@H]1OC(C)(C)O[C@H]1[CH-]C(=O)CNc1nccnc1Cl.[CH2-][C@H]1OC(C)(C)O[C@H]1[CH-]c1cnc2c(Cl)nccn12.[CH2-][C@H]1OC(C)(C)O[C@H]1[CH-]c1cnc2c(N)nccn12.[Y].[Y].[Y].[Y]. The monoisotopic (exact) mass is 1410 g/mol. The molecule has 7 N–H and O–H groups in total. The van der Waals surface area contributed by atoms with Gasteiger partial charge in [0.1, 0.15) is 0 Å². The quantitative estimate of drug-likeness (QED) is 0.105. The largest absolute Gasteiger partial charge is 0.424 e. The molecule has 0 aromatic carbocycles. The van der Waals surface area contributed by atoms with Crippen molar-refractivity contribution in [1.82, 2.24) is 53.1 Å². The number of hydrogen-bond donors (Lipinski definition) is 5. The standard InChI is InChI=1S/C13H16ClN3O3.C13H14ClN3O2.C13H16N4O2.C10H12N4O2.4Y/c1-8-10(20-13(2,3)19-8)6-9(18)7-17-12-11(14)15-4-5-16-12;2*1-8-10(19-13(2,3)18-8)6-9-7-16-12-11(14)15-4-5-17(9)12;1-6(15)8(16)4-7-5-13-10-9(11)12-2-3-14(7)10;;;;/h4-6,8,10H,1,7H2,2-3H3,(H,16,17);4-8,10H,1H2,2-3H3;4-8,10H,1H2,2-3H3,(H2,14,15);2-6,8,15-16H,1H2,(H2,11,12);;;;/q4*-2;;;;/t3*8-,10+;6-,8+;;;;/m1111..../s1. The Morgan fingerprint density at radius 1 is 0.615 bits per heavy atom. The Kier molecular flexibility index (Phi) is 27.7. The van der Waals surface area contributed by atoms with Crippen LogP contribution in [0.1, 0.15) is 58.6 Å². The number of Topliss-reactive ketones (excluding diaryl/α,β-unsaturated/α-hetero) is 1. The van der Waals surface area contributed by atoms with Crippen LogP contribution in [0.3, 0.4) is 0 Å². The fourth-order valence-corrected chi connectivity index (χ4v) is 8.05. The number of nitrogens with two attached hydrogens (primary N) is 2. The van der Waals surface area contributed by atoms with Gasteiger partial charge in [-0.2, -0.15) is 19.3 Å². The van der Waals surface area contributed by atoms with Gasteiger partial charge in [0.15, 0.2) is 62.1 Å². The predicted octanol–water partition coefficient (Wildman–Crippen LogP) is 4.59. The van der Waals surface area contributed by atoms with Gasteiger partial charge in [0.2, 0.25) is 0 Å². The van der Waals surface area contributed by atoms with Crippen LogP contribution in [0.15, 0.2) is 68.2 Å². The second kappa shape index (κ2) is 30.6. The number of nitrogens with zero attached hydrogens (tertiary/aromatic N) is 11. The number of aromatic nitrogens is 11. The molecule has 10 rings (SSSR count). The van der Waals surface area contributed by atoms with Gasteiger partial charge in [-0.05, 0) is 59.9 Å². The van der Waals surface area contributed by atoms with Gasteiger partial charge in [-0.3, -0.25) is 6.42 Å². The molecule has 7 aromatic heterocycles. The minimum absolute atomic E-state index is 0. The molecule has 0 saturated carbocycles. The van der Waals surface area contributed by atoms with Crippen LogP contribution in [0, 0.1) is 53.4 Å². The average molecular weight is 1410 g/mol. The van der Waals surface area contributed by atoms with Gasteiger partial charge in [-0.25, -0.2) is 24.9 Å². The number of carbonyl (C=O) groups is 1. The molecule has 7 aromatic rings. The number of ether oxygens (including phenoxy) is 6. The summed E-state index contributed by atoms with van der Waals surface area (Å²) in [5.74, 6) is -1.04. The van der Waals surface area contributed by atoms with E-state index in [1.54, 1.807) is 61.6 Å². The molecule has 0 aliphatic carbocycles. The van der Waals surface area contributed by atoms with E-state index >= 15 is 0 Å². The number of anilines is 3. The number of nitrogens with one attached hydrogen (secondary N) is 1. The molecule has 0 spiro atoms. The Labute approximate surface area is 563 Å². The number of hydrogen-bond acceptors (Lipinski definition) is 20. The van der Waals surface area contributed by atoms with Gasteiger partial charge in [0.25, 0.3) is 0 Å². The van der Waals surface area contributed by atoms with Gasteiger partial charge in [0.05, 0.1) is 0 Å². The zero-order valence-electron chi connectivity index (χ0n) is 43.7. The smallest absolute Gasteiger partial charge is 0.171 e. The number of rotatable bonds is 12. The van der Waals surface area contributed by atoms with Gasteiger partial charge in [0, 0.05) is 211 Å². The Hall–Kier alpha value is -1.83. The molecule has 3 aliphatic rings. The van der Waals surface area contributed by atoms with Crippen molar-refractivity contribution in [3.63, 3.8) is 0 Å². The molecule has 4 radical (unpaired) electrons. The Morgan fingerprint density at radius 3 is 1.46 bits per heavy atom. The Morgan fingerprint density at radius 2 is 1.01 bits per heavy atom. The maximum absolute atomic E-state index is 11.9. The molecule has 0 bridgehead atoms. The van der Waals surface area contributed by atoms with E-state index in [1.165, 1.54) is 31.4 Å². The van der Waals surface area contributed by atoms with E-state index in [0.29, 0.717) is 45.2 Å². The van der Waals surface area contributed by atoms with Crippen molar-refractivity contribution < 1.29 is 174 Å². The van der Waals surface area contributed by atoms with Crippen molar-refractivity contribution >= 4 is 63.4 Å². The summed E-state index contributed by atoms with van der Waals surface area (Å²) in [5.41, 5.74) is 15.5. The van der Waals surface area contributed by atoms with Crippen LogP contribution in [0.2, 0.25) is 10.3 Å². The van der Waals surface area contributed by atoms with E-state index in [2.05, 4.69) is 72.9 Å². The molecule has 10 heterocycles. The third-order valence-electron chi connectivity index (χ3n) is 10.9. The van der Waals surface area contributed by atoms with Gasteiger partial charge >= 0.3 is 0 Å². The zero-order chi connectivity index (χ0) is 53.7. The third kappa shape index (κ3) is 18.8. The van der Waals surface area contributed by atoms with Gasteiger partial charge in [-0.1, -0.05) is 71.1 Å². The predicted molar refractivity (Wildman–Crippen MR) is 273 cm³/mol. The van der Waals surface area contributed by atoms with Crippen molar-refractivity contribution in [2.24, 2.45) is 0 Å². The van der Waals surface area contributed by atoms with Crippen molar-refractivity contribution in [2.45, 2.75) is 108 Å². The summed E-state index contributed by atoms with van der Waals surface area (Å²) in [4.78, 5) is 44.1. The number of halogens is 2. The normalized spacial score (nSPS) is 21.9. The summed E-state index contributed by atoms with van der Waals surface area (Å²) in [7, 11) is 0. The van der Waals surface area contributed by atoms with Crippen LogP contribution in [0.5, 0.6) is 0 Å². The second-order valence-electron chi connectivity index (χ2n) is 18.1. The van der Waals surface area contributed by atoms with E-state index in [0.717, 1.165) is 11.4 Å². The number of fused-ring (bicyclic) bond motifs is 3. The molecule has 0 amide bonds. The van der Waals surface area contributed by atoms with Crippen LogP contribution < -0.4 is 16.8 Å². The number of carbonyl (C=O) groups excluding carboxylic acids is 1. The minimum atomic E-state index is -1.08. The van der Waals surface area contributed by atoms with E-state index in [-0.39, 0.29) is 173 Å². The molecule has 8 atom stereocenters. The van der Waals surface area contributed by atoms with E-state index in [1.807, 2.05) is 55.5 Å². The number of ketones is 1. The molecule has 23 nitrogen and oxygen atoms in total. The summed E-state index contributed by atoms with van der Waals surface area (Å²) < 4.78 is 39.2. The third-order valence-corrected chi connectivity index (χ3v) is 11.4. The van der Waals surface area contributed by atoms with E-state index < -0.39 is 41.8 Å². The number of imidazole rings is 3. The zero-order valence-corrected chi connectivity index (χ0v) is 56.6. The molecule has 78 heavy (non-hydrogen) atoms. The molecular weight excluding hydrogens is 1360 g/mol. The average Bonchev–Trinajstić information content (AvgIpc) is 4.18. The fourth-order valence-electron chi connectivity index (χ4n) is 7.68. The number of nitrogen functional groups attached to an aromatic ring is 2. The summed E-state index contributed by atoms with van der Waals surface area (Å²) >= 11 is 11.8. The summed E-state index contributed by atoms with van der Waals surface area (Å²) in [6, 6.07) is 0. The minimum Gasteiger partial charge on any atom is -0.424 e. The first-order valence-electron chi connectivity index (χ1n) is 22.9. The van der Waals surface area contributed by atoms with Gasteiger partial charge in [-0.15, -0.1) is 0 Å². The van der Waals surface area contributed by atoms with Crippen LogP contribution in [0.4, 0.5) is 17.5 Å². The Bertz CT molecular complexity index is 2920.